The third-order valence-corrected chi connectivity index (χ3v) is 5.50. The van der Waals surface area contributed by atoms with E-state index in [2.05, 4.69) is 16.3 Å². The molecule has 0 saturated heterocycles. The number of benzene rings is 2. The molecule has 2 aromatic carbocycles. The van der Waals surface area contributed by atoms with Gasteiger partial charge in [-0.2, -0.15) is 5.26 Å². The van der Waals surface area contributed by atoms with Crippen LogP contribution in [-0.2, 0) is 0 Å². The molecule has 1 aliphatic rings. The van der Waals surface area contributed by atoms with Gasteiger partial charge in [0.2, 0.25) is 11.8 Å². The van der Waals surface area contributed by atoms with Crippen molar-refractivity contribution in [2.24, 2.45) is 5.73 Å². The molecule has 29 heavy (non-hydrogen) atoms. The fraction of sp³-hybridized carbons (Fsp3) is 0.100. The van der Waals surface area contributed by atoms with E-state index < -0.39 is 10.8 Å². The summed E-state index contributed by atoms with van der Waals surface area (Å²) in [5.74, 6) is -0.168. The largest absolute Gasteiger partial charge is 0.420 e. The zero-order valence-corrected chi connectivity index (χ0v) is 16.1. The van der Waals surface area contributed by atoms with E-state index in [4.69, 9.17) is 10.5 Å². The molecule has 1 aromatic heterocycles. The molecule has 3 N–H and O–H groups in total. The van der Waals surface area contributed by atoms with Crippen LogP contribution in [0.2, 0.25) is 0 Å². The Bertz CT molecular complexity index is 1160. The molecule has 4 rings (SSSR count). The number of rotatable bonds is 4. The highest BCUT2D eigenvalue weighted by molar-refractivity contribution is 7.98. The molecule has 9 heteroatoms. The summed E-state index contributed by atoms with van der Waals surface area (Å²) in [7, 11) is 0. The van der Waals surface area contributed by atoms with E-state index >= 15 is 0 Å². The highest BCUT2D eigenvalue weighted by atomic mass is 32.2. The summed E-state index contributed by atoms with van der Waals surface area (Å²) in [6, 6.07) is 16.1. The Balaban J connectivity index is 1.87. The number of nitrogens with zero attached hydrogens (tertiary/aromatic N) is 3. The number of hydrogen-bond acceptors (Lipinski definition) is 7. The Morgan fingerprint density at radius 1 is 1.24 bits per heavy atom. The molecule has 0 amide bonds. The number of nitriles is 1. The van der Waals surface area contributed by atoms with Crippen molar-refractivity contribution in [1.82, 2.24) is 10.2 Å². The van der Waals surface area contributed by atoms with Gasteiger partial charge in [-0.15, -0.1) is 16.9 Å². The first-order valence-corrected chi connectivity index (χ1v) is 9.80. The molecule has 0 aliphatic carbocycles. The van der Waals surface area contributed by atoms with Crippen molar-refractivity contribution in [3.8, 4) is 23.2 Å². The summed E-state index contributed by atoms with van der Waals surface area (Å²) in [5, 5.41) is 27.8. The van der Waals surface area contributed by atoms with Gasteiger partial charge >= 0.3 is 0 Å². The number of allylic oxidation sites excluding steroid dienone is 1. The van der Waals surface area contributed by atoms with Crippen LogP contribution in [0.5, 0.6) is 5.88 Å². The molecule has 0 fully saturated rings. The van der Waals surface area contributed by atoms with Gasteiger partial charge in [-0.1, -0.05) is 12.1 Å². The number of nitro benzene ring substituents is 1. The number of non-ortho nitro benzene ring substituents is 1. The predicted octanol–water partition coefficient (Wildman–Crippen LogP) is 3.92. The van der Waals surface area contributed by atoms with Gasteiger partial charge in [0.05, 0.1) is 22.1 Å². The number of aromatic amines is 1. The molecule has 8 nitrogen and oxygen atoms in total. The number of nitrogens with two attached hydrogens (primary N) is 1. The van der Waals surface area contributed by atoms with Gasteiger partial charge in [0.25, 0.3) is 5.69 Å². The number of ether oxygens (including phenoxy) is 1. The lowest BCUT2D eigenvalue weighted by Gasteiger charge is -2.24. The first-order valence-electron chi connectivity index (χ1n) is 8.58. The third-order valence-electron chi connectivity index (χ3n) is 4.75. The Labute approximate surface area is 170 Å². The first-order chi connectivity index (χ1) is 14.0. The summed E-state index contributed by atoms with van der Waals surface area (Å²) in [6.07, 6.45) is 1.99. The normalized spacial score (nSPS) is 15.4. The molecule has 1 unspecified atom stereocenters. The van der Waals surface area contributed by atoms with Crippen LogP contribution in [0.25, 0.3) is 11.3 Å². The van der Waals surface area contributed by atoms with Crippen LogP contribution < -0.4 is 10.5 Å². The van der Waals surface area contributed by atoms with Crippen molar-refractivity contribution in [1.29, 1.82) is 5.26 Å². The summed E-state index contributed by atoms with van der Waals surface area (Å²) < 4.78 is 5.58. The zero-order valence-electron chi connectivity index (χ0n) is 15.2. The molecule has 1 aliphatic heterocycles. The molecule has 0 radical (unpaired) electrons. The van der Waals surface area contributed by atoms with Crippen LogP contribution >= 0.6 is 11.8 Å². The van der Waals surface area contributed by atoms with E-state index in [0.717, 1.165) is 10.5 Å². The van der Waals surface area contributed by atoms with Crippen molar-refractivity contribution in [3.05, 3.63) is 81.2 Å². The highest BCUT2D eigenvalue weighted by Gasteiger charge is 2.35. The second kappa shape index (κ2) is 7.33. The van der Waals surface area contributed by atoms with Gasteiger partial charge < -0.3 is 10.5 Å². The topological polar surface area (TPSA) is 131 Å². The number of nitro groups is 1. The lowest BCUT2D eigenvalue weighted by atomic mass is 9.83. The van der Waals surface area contributed by atoms with E-state index in [9.17, 15) is 15.4 Å². The van der Waals surface area contributed by atoms with Crippen LogP contribution in [0, 0.1) is 21.4 Å². The van der Waals surface area contributed by atoms with E-state index in [0.29, 0.717) is 22.4 Å². The second-order valence-corrected chi connectivity index (χ2v) is 7.20. The fourth-order valence-corrected chi connectivity index (χ4v) is 3.75. The van der Waals surface area contributed by atoms with Crippen LogP contribution in [0.3, 0.4) is 0 Å². The fourth-order valence-electron chi connectivity index (χ4n) is 3.34. The van der Waals surface area contributed by atoms with Gasteiger partial charge in [-0.3, -0.25) is 15.2 Å². The van der Waals surface area contributed by atoms with E-state index in [1.165, 1.54) is 12.1 Å². The summed E-state index contributed by atoms with van der Waals surface area (Å²) in [4.78, 5) is 11.6. The van der Waals surface area contributed by atoms with Crippen molar-refractivity contribution in [3.63, 3.8) is 0 Å². The van der Waals surface area contributed by atoms with Crippen LogP contribution in [0.1, 0.15) is 17.0 Å². The molecular formula is C20H15N5O3S. The number of aromatic nitrogens is 2. The van der Waals surface area contributed by atoms with Crippen LogP contribution in [0.4, 0.5) is 5.69 Å². The number of nitrogens with one attached hydrogen (secondary N) is 1. The van der Waals surface area contributed by atoms with Crippen molar-refractivity contribution < 1.29 is 9.66 Å². The minimum absolute atomic E-state index is 0.00978. The third kappa shape index (κ3) is 3.19. The molecule has 3 aromatic rings. The molecule has 0 spiro atoms. The zero-order chi connectivity index (χ0) is 20.5. The van der Waals surface area contributed by atoms with Gasteiger partial charge in [-0.05, 0) is 36.1 Å². The Morgan fingerprint density at radius 2 is 1.93 bits per heavy atom. The maximum atomic E-state index is 10.9. The number of hydrogen-bond donors (Lipinski definition) is 2. The maximum absolute atomic E-state index is 10.9. The molecular weight excluding hydrogens is 390 g/mol. The van der Waals surface area contributed by atoms with E-state index in [-0.39, 0.29) is 17.5 Å². The number of thioether (sulfide) groups is 1. The van der Waals surface area contributed by atoms with Crippen molar-refractivity contribution >= 4 is 17.4 Å². The Hall–Kier alpha value is -3.77. The minimum Gasteiger partial charge on any atom is -0.420 e. The predicted molar refractivity (Wildman–Crippen MR) is 108 cm³/mol. The van der Waals surface area contributed by atoms with E-state index in [1.54, 1.807) is 23.9 Å². The van der Waals surface area contributed by atoms with Gasteiger partial charge in [0.1, 0.15) is 11.6 Å². The van der Waals surface area contributed by atoms with Gasteiger partial charge in [0, 0.05) is 22.6 Å². The number of H-pyrrole nitrogens is 1. The average Bonchev–Trinajstić information content (AvgIpc) is 3.16. The SMILES string of the molecule is CSc1ccc(C2C(C#N)=C(N)Oc3n[nH]c(-c4ccc([N+](=O)[O-])cc4)c32)cc1. The molecule has 2 heterocycles. The summed E-state index contributed by atoms with van der Waals surface area (Å²) in [6.45, 7) is 0. The average molecular weight is 405 g/mol. The molecule has 0 saturated carbocycles. The van der Waals surface area contributed by atoms with Crippen molar-refractivity contribution in [2.75, 3.05) is 6.26 Å². The van der Waals surface area contributed by atoms with Gasteiger partial charge in [-0.25, -0.2) is 0 Å². The number of fused-ring (bicyclic) bond motifs is 1. The summed E-state index contributed by atoms with van der Waals surface area (Å²) in [5.41, 5.74) is 9.12. The standard InChI is InChI=1S/C20H15N5O3S/c1-29-14-8-4-11(5-9-14)16-15(10-21)19(22)28-20-17(16)18(23-24-20)12-2-6-13(7-3-12)25(26)27/h2-9,16H,22H2,1H3,(H,23,24). The molecule has 144 valence electrons. The maximum Gasteiger partial charge on any atom is 0.269 e. The molecule has 0 bridgehead atoms. The second-order valence-electron chi connectivity index (χ2n) is 6.32. The van der Waals surface area contributed by atoms with Crippen LogP contribution in [-0.4, -0.2) is 21.4 Å². The molecule has 1 atom stereocenters. The summed E-state index contributed by atoms with van der Waals surface area (Å²) >= 11 is 1.62. The monoisotopic (exact) mass is 405 g/mol. The Kier molecular flexibility index (Phi) is 4.70. The van der Waals surface area contributed by atoms with Crippen LogP contribution in [0.15, 0.2) is 64.9 Å². The smallest absolute Gasteiger partial charge is 0.269 e. The van der Waals surface area contributed by atoms with Crippen molar-refractivity contribution in [2.45, 2.75) is 10.8 Å². The minimum atomic E-state index is -0.469. The first kappa shape index (κ1) is 18.6. The van der Waals surface area contributed by atoms with E-state index in [1.807, 2.05) is 30.5 Å². The van der Waals surface area contributed by atoms with Gasteiger partial charge in [0.15, 0.2) is 0 Å². The lowest BCUT2D eigenvalue weighted by Crippen LogP contribution is -2.20. The quantitative estimate of drug-likeness (QED) is 0.382. The Morgan fingerprint density at radius 3 is 2.52 bits per heavy atom. The highest BCUT2D eigenvalue weighted by Crippen LogP contribution is 2.45. The lowest BCUT2D eigenvalue weighted by molar-refractivity contribution is -0.384.